The molecule has 0 radical (unpaired) electrons. The van der Waals surface area contributed by atoms with Crippen molar-refractivity contribution in [3.8, 4) is 5.75 Å². The Morgan fingerprint density at radius 1 is 1.25 bits per heavy atom. The lowest BCUT2D eigenvalue weighted by Gasteiger charge is -2.34. The highest BCUT2D eigenvalue weighted by atomic mass is 35.5. The lowest BCUT2D eigenvalue weighted by molar-refractivity contribution is -0.133. The summed E-state index contributed by atoms with van der Waals surface area (Å²) >= 11 is 0. The number of nitrogens with one attached hydrogen (secondary N) is 1. The van der Waals surface area contributed by atoms with Gasteiger partial charge in [0.1, 0.15) is 5.75 Å². The van der Waals surface area contributed by atoms with Gasteiger partial charge in [0.05, 0.1) is 6.61 Å². The normalized spacial score (nSPS) is 17.1. The van der Waals surface area contributed by atoms with Crippen LogP contribution >= 0.6 is 12.4 Å². The molecule has 6 heteroatoms. The minimum atomic E-state index is 0. The van der Waals surface area contributed by atoms with Crippen LogP contribution in [0.5, 0.6) is 5.75 Å². The van der Waals surface area contributed by atoms with E-state index in [1.165, 1.54) is 0 Å². The Kier molecular flexibility index (Phi) is 8.79. The van der Waals surface area contributed by atoms with Crippen molar-refractivity contribution in [2.24, 2.45) is 0 Å². The Labute approximate surface area is 150 Å². The van der Waals surface area contributed by atoms with Gasteiger partial charge < -0.3 is 15.0 Å². The lowest BCUT2D eigenvalue weighted by atomic mass is 10.1. The summed E-state index contributed by atoms with van der Waals surface area (Å²) in [4.78, 5) is 26.3. The first kappa shape index (κ1) is 20.5. The molecule has 0 aromatic heterocycles. The summed E-state index contributed by atoms with van der Waals surface area (Å²) in [6, 6.07) is 7.35. The van der Waals surface area contributed by atoms with Gasteiger partial charge in [-0.3, -0.25) is 9.59 Å². The molecule has 1 atom stereocenters. The van der Waals surface area contributed by atoms with E-state index in [2.05, 4.69) is 5.32 Å². The molecule has 1 heterocycles. The largest absolute Gasteiger partial charge is 0.494 e. The van der Waals surface area contributed by atoms with Gasteiger partial charge in [-0.2, -0.15) is 0 Å². The summed E-state index contributed by atoms with van der Waals surface area (Å²) in [6.45, 7) is 7.11. The van der Waals surface area contributed by atoms with Crippen molar-refractivity contribution < 1.29 is 14.3 Å². The molecule has 0 aliphatic carbocycles. The molecule has 1 unspecified atom stereocenters. The standard InChI is InChI=1S/C18H26N2O3.ClH/c1-3-12-23-16-6-4-15(5-7-16)17(21)8-9-18(22)20-11-10-19-13-14(20)2;/h4-7,14,19H,3,8-13H2,1-2H3;1H. The average molecular weight is 355 g/mol. The Bertz CT molecular complexity index is 534. The molecule has 1 aliphatic rings. The fourth-order valence-corrected chi connectivity index (χ4v) is 2.68. The highest BCUT2D eigenvalue weighted by molar-refractivity contribution is 5.98. The zero-order valence-electron chi connectivity index (χ0n) is 14.4. The van der Waals surface area contributed by atoms with Crippen LogP contribution in [0.4, 0.5) is 0 Å². The second kappa shape index (κ2) is 10.3. The van der Waals surface area contributed by atoms with Crippen molar-refractivity contribution >= 4 is 24.1 Å². The number of hydrogen-bond acceptors (Lipinski definition) is 4. The van der Waals surface area contributed by atoms with Crippen molar-refractivity contribution in [1.29, 1.82) is 0 Å². The third kappa shape index (κ3) is 5.80. The van der Waals surface area contributed by atoms with E-state index in [0.717, 1.165) is 31.8 Å². The molecule has 5 nitrogen and oxygen atoms in total. The predicted molar refractivity (Wildman–Crippen MR) is 97.1 cm³/mol. The predicted octanol–water partition coefficient (Wildman–Crippen LogP) is 2.68. The van der Waals surface area contributed by atoms with Gasteiger partial charge in [-0.1, -0.05) is 6.92 Å². The van der Waals surface area contributed by atoms with Crippen LogP contribution < -0.4 is 10.1 Å². The first-order chi connectivity index (χ1) is 11.1. The number of amides is 1. The highest BCUT2D eigenvalue weighted by Gasteiger charge is 2.23. The van der Waals surface area contributed by atoms with Crippen molar-refractivity contribution in [3.63, 3.8) is 0 Å². The Morgan fingerprint density at radius 2 is 1.96 bits per heavy atom. The molecule has 134 valence electrons. The van der Waals surface area contributed by atoms with E-state index in [9.17, 15) is 9.59 Å². The van der Waals surface area contributed by atoms with Crippen molar-refractivity contribution in [1.82, 2.24) is 10.2 Å². The first-order valence-electron chi connectivity index (χ1n) is 8.38. The van der Waals surface area contributed by atoms with Crippen molar-refractivity contribution in [2.75, 3.05) is 26.2 Å². The molecule has 2 rings (SSSR count). The summed E-state index contributed by atoms with van der Waals surface area (Å²) in [6.07, 6.45) is 1.48. The van der Waals surface area contributed by atoms with Gasteiger partial charge >= 0.3 is 0 Å². The quantitative estimate of drug-likeness (QED) is 0.765. The monoisotopic (exact) mass is 354 g/mol. The molecule has 1 amide bonds. The van der Waals surface area contributed by atoms with Crippen LogP contribution in [0, 0.1) is 0 Å². The third-order valence-corrected chi connectivity index (χ3v) is 4.04. The number of carbonyl (C=O) groups excluding carboxylic acids is 2. The summed E-state index contributed by atoms with van der Waals surface area (Å²) in [7, 11) is 0. The molecule has 24 heavy (non-hydrogen) atoms. The second-order valence-corrected chi connectivity index (χ2v) is 5.94. The molecule has 1 fully saturated rings. The van der Waals surface area contributed by atoms with E-state index >= 15 is 0 Å². The number of ether oxygens (including phenoxy) is 1. The molecular formula is C18H27ClN2O3. The van der Waals surface area contributed by atoms with Gasteiger partial charge in [0, 0.05) is 44.1 Å². The summed E-state index contributed by atoms with van der Waals surface area (Å²) in [5, 5.41) is 3.26. The first-order valence-corrected chi connectivity index (χ1v) is 8.38. The number of nitrogens with zero attached hydrogens (tertiary/aromatic N) is 1. The van der Waals surface area contributed by atoms with Crippen LogP contribution in [0.15, 0.2) is 24.3 Å². The zero-order valence-corrected chi connectivity index (χ0v) is 15.2. The smallest absolute Gasteiger partial charge is 0.223 e. The maximum Gasteiger partial charge on any atom is 0.223 e. The molecule has 1 saturated heterocycles. The van der Waals surface area contributed by atoms with E-state index in [4.69, 9.17) is 4.74 Å². The van der Waals surface area contributed by atoms with Crippen LogP contribution in [0.2, 0.25) is 0 Å². The fraction of sp³-hybridized carbons (Fsp3) is 0.556. The van der Waals surface area contributed by atoms with Crippen LogP contribution in [-0.2, 0) is 4.79 Å². The second-order valence-electron chi connectivity index (χ2n) is 5.94. The van der Waals surface area contributed by atoms with Gasteiger partial charge in [0.15, 0.2) is 5.78 Å². The third-order valence-electron chi connectivity index (χ3n) is 4.04. The Morgan fingerprint density at radius 3 is 2.58 bits per heavy atom. The number of carbonyl (C=O) groups is 2. The molecule has 0 spiro atoms. The number of hydrogen-bond donors (Lipinski definition) is 1. The fourth-order valence-electron chi connectivity index (χ4n) is 2.68. The molecule has 0 bridgehead atoms. The maximum atomic E-state index is 12.2. The number of rotatable bonds is 7. The summed E-state index contributed by atoms with van der Waals surface area (Å²) < 4.78 is 5.50. The SMILES string of the molecule is CCCOc1ccc(C(=O)CCC(=O)N2CCNCC2C)cc1.Cl. The minimum absolute atomic E-state index is 0. The molecule has 1 N–H and O–H groups in total. The van der Waals surface area contributed by atoms with Gasteiger partial charge in [-0.05, 0) is 37.6 Å². The van der Waals surface area contributed by atoms with Gasteiger partial charge in [0.25, 0.3) is 0 Å². The van der Waals surface area contributed by atoms with Crippen LogP contribution in [0.25, 0.3) is 0 Å². The molecule has 1 aliphatic heterocycles. The van der Waals surface area contributed by atoms with Crippen LogP contribution in [0.3, 0.4) is 0 Å². The van der Waals surface area contributed by atoms with Gasteiger partial charge in [-0.25, -0.2) is 0 Å². The lowest BCUT2D eigenvalue weighted by Crippen LogP contribution is -2.52. The minimum Gasteiger partial charge on any atom is -0.494 e. The molecule has 1 aromatic carbocycles. The van der Waals surface area contributed by atoms with Crippen molar-refractivity contribution in [2.45, 2.75) is 39.2 Å². The Hall–Kier alpha value is -1.59. The average Bonchev–Trinajstić information content (AvgIpc) is 2.58. The zero-order chi connectivity index (χ0) is 16.7. The van der Waals surface area contributed by atoms with E-state index in [0.29, 0.717) is 12.2 Å². The highest BCUT2D eigenvalue weighted by Crippen LogP contribution is 2.15. The van der Waals surface area contributed by atoms with Gasteiger partial charge in [-0.15, -0.1) is 12.4 Å². The molecular weight excluding hydrogens is 328 g/mol. The number of halogens is 1. The number of Topliss-reactive ketones (excluding diaryl/α,β-unsaturated/α-hetero) is 1. The summed E-state index contributed by atoms with van der Waals surface area (Å²) in [5.74, 6) is 0.840. The molecule has 1 aromatic rings. The number of ketones is 1. The van der Waals surface area contributed by atoms with E-state index in [1.807, 2.05) is 30.9 Å². The maximum absolute atomic E-state index is 12.2. The van der Waals surface area contributed by atoms with Crippen LogP contribution in [0.1, 0.15) is 43.5 Å². The van der Waals surface area contributed by atoms with E-state index < -0.39 is 0 Å². The number of benzene rings is 1. The van der Waals surface area contributed by atoms with Crippen molar-refractivity contribution in [3.05, 3.63) is 29.8 Å². The van der Waals surface area contributed by atoms with E-state index in [1.54, 1.807) is 12.1 Å². The van der Waals surface area contributed by atoms with Crippen LogP contribution in [-0.4, -0.2) is 48.9 Å². The Balaban J connectivity index is 0.00000288. The van der Waals surface area contributed by atoms with Gasteiger partial charge in [0.2, 0.25) is 5.91 Å². The number of piperazine rings is 1. The topological polar surface area (TPSA) is 58.6 Å². The molecule has 0 saturated carbocycles. The summed E-state index contributed by atoms with van der Waals surface area (Å²) in [5.41, 5.74) is 0.634. The van der Waals surface area contributed by atoms with E-state index in [-0.39, 0.29) is 43.0 Å².